The smallest absolute Gasteiger partial charge is 0.267 e. The highest BCUT2D eigenvalue weighted by Gasteiger charge is 2.26. The fraction of sp³-hybridized carbons (Fsp3) is 0.565. The Hall–Kier alpha value is -1.99. The van der Waals surface area contributed by atoms with E-state index in [4.69, 9.17) is 0 Å². The topological polar surface area (TPSA) is 81.1 Å². The Morgan fingerprint density at radius 1 is 1.07 bits per heavy atom. The number of aromatic nitrogens is 2. The maximum Gasteiger partial charge on any atom is 0.270 e. The highest BCUT2D eigenvalue weighted by atomic mass is 32.2. The lowest BCUT2D eigenvalue weighted by Gasteiger charge is -2.23. The van der Waals surface area contributed by atoms with E-state index in [9.17, 15) is 13.2 Å². The fourth-order valence-electron chi connectivity index (χ4n) is 4.77. The maximum absolute atomic E-state index is 13.2. The van der Waals surface area contributed by atoms with Crippen LogP contribution in [0.25, 0.3) is 11.3 Å². The Morgan fingerprint density at radius 3 is 2.47 bits per heavy atom. The summed E-state index contributed by atoms with van der Waals surface area (Å²) in [5.41, 5.74) is 4.07. The van der Waals surface area contributed by atoms with Crippen molar-refractivity contribution >= 4 is 10.0 Å². The van der Waals surface area contributed by atoms with Gasteiger partial charge in [-0.2, -0.15) is 5.10 Å². The Kier molecular flexibility index (Phi) is 6.11. The molecule has 1 aromatic carbocycles. The number of hydrogen-bond acceptors (Lipinski definition) is 4. The summed E-state index contributed by atoms with van der Waals surface area (Å²) >= 11 is 0. The first-order valence-corrected chi connectivity index (χ1v) is 12.6. The van der Waals surface area contributed by atoms with E-state index in [1.165, 1.54) is 11.1 Å². The van der Waals surface area contributed by atoms with Crippen LogP contribution < -0.4 is 10.3 Å². The number of aryl methyl sites for hydroxylation is 2. The first-order chi connectivity index (χ1) is 14.4. The lowest BCUT2D eigenvalue weighted by molar-refractivity contribution is 0.412. The lowest BCUT2D eigenvalue weighted by Crippen LogP contribution is -2.36. The predicted octanol–water partition coefficient (Wildman–Crippen LogP) is 3.73. The fourth-order valence-corrected chi connectivity index (χ4v) is 6.35. The van der Waals surface area contributed by atoms with Crippen molar-refractivity contribution in [3.8, 4) is 11.3 Å². The van der Waals surface area contributed by atoms with Gasteiger partial charge in [0.2, 0.25) is 10.0 Å². The van der Waals surface area contributed by atoms with Crippen LogP contribution in [0.2, 0.25) is 0 Å². The number of sulfonamides is 1. The monoisotopic (exact) mass is 429 g/mol. The van der Waals surface area contributed by atoms with Gasteiger partial charge in [0.15, 0.2) is 0 Å². The third-order valence-corrected chi connectivity index (χ3v) is 8.11. The van der Waals surface area contributed by atoms with Gasteiger partial charge in [-0.05, 0) is 69.6 Å². The molecule has 0 bridgehead atoms. The summed E-state index contributed by atoms with van der Waals surface area (Å²) in [6.45, 7) is 4.24. The zero-order valence-electron chi connectivity index (χ0n) is 17.9. The number of rotatable bonds is 5. The van der Waals surface area contributed by atoms with Crippen LogP contribution in [-0.2, 0) is 29.4 Å². The van der Waals surface area contributed by atoms with Crippen LogP contribution in [-0.4, -0.2) is 24.2 Å². The second-order valence-electron chi connectivity index (χ2n) is 8.57. The molecule has 2 aliphatic rings. The van der Waals surface area contributed by atoms with E-state index < -0.39 is 10.0 Å². The number of fused-ring (bicyclic) bond motifs is 1. The van der Waals surface area contributed by atoms with Gasteiger partial charge < -0.3 is 0 Å². The minimum Gasteiger partial charge on any atom is -0.267 e. The van der Waals surface area contributed by atoms with Gasteiger partial charge in [0, 0.05) is 23.7 Å². The zero-order chi connectivity index (χ0) is 21.3. The van der Waals surface area contributed by atoms with Gasteiger partial charge in [0.25, 0.3) is 5.56 Å². The van der Waals surface area contributed by atoms with E-state index in [1.807, 2.05) is 26.0 Å². The summed E-state index contributed by atoms with van der Waals surface area (Å²) in [7, 11) is -3.61. The SMILES string of the molecule is CCn1nc(-c2ccc(C)c(S(=O)(=O)NC3CCCCC3)c2)c2c(c1=O)CCCC2. The Balaban J connectivity index is 1.78. The van der Waals surface area contributed by atoms with E-state index in [-0.39, 0.29) is 11.6 Å². The van der Waals surface area contributed by atoms with Gasteiger partial charge in [-0.25, -0.2) is 17.8 Å². The standard InChI is InChI=1S/C23H31N3O3S/c1-3-26-23(27)20-12-8-7-11-19(20)22(24-26)17-14-13-16(2)21(15-17)30(28,29)25-18-9-5-4-6-10-18/h13-15,18,25H,3-12H2,1-2H3. The third kappa shape index (κ3) is 4.10. The molecule has 0 saturated heterocycles. The molecule has 0 amide bonds. The van der Waals surface area contributed by atoms with Crippen molar-refractivity contribution in [2.75, 3.05) is 0 Å². The van der Waals surface area contributed by atoms with Gasteiger partial charge >= 0.3 is 0 Å². The van der Waals surface area contributed by atoms with E-state index in [1.54, 1.807) is 6.07 Å². The average molecular weight is 430 g/mol. The summed E-state index contributed by atoms with van der Waals surface area (Å²) in [6, 6.07) is 5.53. The van der Waals surface area contributed by atoms with Crippen molar-refractivity contribution in [3.05, 3.63) is 45.2 Å². The third-order valence-electron chi connectivity index (χ3n) is 6.44. The number of nitrogens with one attached hydrogen (secondary N) is 1. The summed E-state index contributed by atoms with van der Waals surface area (Å²) in [5.74, 6) is 0. The van der Waals surface area contributed by atoms with Gasteiger partial charge in [0.05, 0.1) is 10.6 Å². The molecule has 0 radical (unpaired) electrons. The van der Waals surface area contributed by atoms with Crippen LogP contribution in [0.1, 0.15) is 68.6 Å². The molecule has 1 aromatic heterocycles. The van der Waals surface area contributed by atoms with Crippen molar-refractivity contribution in [2.45, 2.75) is 89.1 Å². The first-order valence-electron chi connectivity index (χ1n) is 11.2. The highest BCUT2D eigenvalue weighted by Crippen LogP contribution is 2.31. The molecule has 1 fully saturated rings. The molecule has 0 aliphatic heterocycles. The van der Waals surface area contributed by atoms with Crippen LogP contribution in [0, 0.1) is 6.92 Å². The Bertz CT molecular complexity index is 1100. The summed E-state index contributed by atoms with van der Waals surface area (Å²) in [4.78, 5) is 13.0. The molecule has 162 valence electrons. The predicted molar refractivity (Wildman–Crippen MR) is 118 cm³/mol. The molecule has 2 aliphatic carbocycles. The Labute approximate surface area is 178 Å². The van der Waals surface area contributed by atoms with E-state index >= 15 is 0 Å². The number of hydrogen-bond donors (Lipinski definition) is 1. The van der Waals surface area contributed by atoms with Crippen LogP contribution in [0.4, 0.5) is 0 Å². The molecule has 7 heteroatoms. The molecule has 1 N–H and O–H groups in total. The zero-order valence-corrected chi connectivity index (χ0v) is 18.7. The molecule has 1 heterocycles. The lowest BCUT2D eigenvalue weighted by atomic mass is 9.89. The molecule has 6 nitrogen and oxygen atoms in total. The normalized spacial score (nSPS) is 17.7. The van der Waals surface area contributed by atoms with Gasteiger partial charge in [0.1, 0.15) is 0 Å². The molecule has 1 saturated carbocycles. The van der Waals surface area contributed by atoms with E-state index in [0.29, 0.717) is 11.4 Å². The van der Waals surface area contributed by atoms with Crippen molar-refractivity contribution in [1.29, 1.82) is 0 Å². The molecule has 2 aromatic rings. The van der Waals surface area contributed by atoms with Crippen molar-refractivity contribution in [3.63, 3.8) is 0 Å². The van der Waals surface area contributed by atoms with Crippen molar-refractivity contribution in [1.82, 2.24) is 14.5 Å². The van der Waals surface area contributed by atoms with Crippen LogP contribution in [0.3, 0.4) is 0 Å². The molecule has 0 unspecified atom stereocenters. The summed E-state index contributed by atoms with van der Waals surface area (Å²) in [5, 5.41) is 4.63. The second kappa shape index (κ2) is 8.63. The van der Waals surface area contributed by atoms with Crippen LogP contribution >= 0.6 is 0 Å². The maximum atomic E-state index is 13.2. The molecule has 0 atom stereocenters. The average Bonchev–Trinajstić information content (AvgIpc) is 2.75. The highest BCUT2D eigenvalue weighted by molar-refractivity contribution is 7.89. The number of benzene rings is 1. The van der Waals surface area contributed by atoms with Crippen LogP contribution in [0.15, 0.2) is 27.9 Å². The van der Waals surface area contributed by atoms with Crippen LogP contribution in [0.5, 0.6) is 0 Å². The molecular weight excluding hydrogens is 398 g/mol. The van der Waals surface area contributed by atoms with Gasteiger partial charge in [-0.15, -0.1) is 0 Å². The molecule has 0 spiro atoms. The van der Waals surface area contributed by atoms with Crippen molar-refractivity contribution < 1.29 is 8.42 Å². The molecular formula is C23H31N3O3S. The molecule has 4 rings (SSSR count). The number of nitrogens with zero attached hydrogens (tertiary/aromatic N) is 2. The van der Waals surface area contributed by atoms with Gasteiger partial charge in [-0.3, -0.25) is 4.79 Å². The summed E-state index contributed by atoms with van der Waals surface area (Å²) in [6.07, 6.45) is 8.73. The van der Waals surface area contributed by atoms with E-state index in [0.717, 1.165) is 79.3 Å². The van der Waals surface area contributed by atoms with E-state index in [2.05, 4.69) is 9.82 Å². The minimum absolute atomic E-state index is 0.00475. The second-order valence-corrected chi connectivity index (χ2v) is 10.3. The minimum atomic E-state index is -3.61. The molecule has 30 heavy (non-hydrogen) atoms. The quantitative estimate of drug-likeness (QED) is 0.785. The van der Waals surface area contributed by atoms with Crippen molar-refractivity contribution in [2.24, 2.45) is 0 Å². The Morgan fingerprint density at radius 2 is 1.77 bits per heavy atom. The van der Waals surface area contributed by atoms with Gasteiger partial charge in [-0.1, -0.05) is 31.4 Å². The first kappa shape index (κ1) is 21.2. The summed E-state index contributed by atoms with van der Waals surface area (Å²) < 4.78 is 30.8. The largest absolute Gasteiger partial charge is 0.270 e.